The average Bonchev–Trinajstić information content (AvgIpc) is 2.85. The fourth-order valence-electron chi connectivity index (χ4n) is 2.18. The molecule has 1 amide bonds. The number of aliphatic carboxylic acids is 1. The summed E-state index contributed by atoms with van der Waals surface area (Å²) in [7, 11) is 0. The third kappa shape index (κ3) is 3.89. The monoisotopic (exact) mass is 320 g/mol. The normalized spacial score (nSPS) is 12.6. The number of aromatic nitrogens is 1. The first-order valence-corrected chi connectivity index (χ1v) is 7.26. The number of carboxylic acids is 1. The number of carbonyl (C=O) groups is 2. The van der Waals surface area contributed by atoms with Crippen LogP contribution in [0, 0.1) is 0 Å². The van der Waals surface area contributed by atoms with Crippen molar-refractivity contribution >= 4 is 34.4 Å². The second kappa shape index (κ2) is 7.13. The zero-order valence-corrected chi connectivity index (χ0v) is 12.9. The van der Waals surface area contributed by atoms with E-state index in [-0.39, 0.29) is 18.9 Å². The van der Waals surface area contributed by atoms with Crippen LogP contribution in [-0.4, -0.2) is 27.6 Å². The van der Waals surface area contributed by atoms with Crippen LogP contribution in [0.1, 0.15) is 13.3 Å². The number of allylic oxidation sites excluding steroid dienone is 1. The standard InChI is InChI=1S/C16H17ClN2O3/c1-2-3-4-13(16(21)22)18-15(20)10-19-8-7-11-5-6-12(17)9-14(11)19/h2-3,5-9,13H,4,10H2,1H3,(H,18,20)(H,21,22)/b3-2+. The Morgan fingerprint density at radius 1 is 1.41 bits per heavy atom. The van der Waals surface area contributed by atoms with Crippen molar-refractivity contribution < 1.29 is 14.7 Å². The van der Waals surface area contributed by atoms with Crippen molar-refractivity contribution in [2.75, 3.05) is 0 Å². The van der Waals surface area contributed by atoms with Gasteiger partial charge >= 0.3 is 5.97 Å². The van der Waals surface area contributed by atoms with Crippen LogP contribution in [0.5, 0.6) is 0 Å². The van der Waals surface area contributed by atoms with Crippen LogP contribution >= 0.6 is 11.6 Å². The number of benzene rings is 1. The number of amides is 1. The van der Waals surface area contributed by atoms with Gasteiger partial charge in [0.1, 0.15) is 12.6 Å². The number of carbonyl (C=O) groups excluding carboxylic acids is 1. The van der Waals surface area contributed by atoms with Gasteiger partial charge in [0, 0.05) is 16.7 Å². The molecule has 1 heterocycles. The van der Waals surface area contributed by atoms with Gasteiger partial charge in [-0.05, 0) is 36.9 Å². The van der Waals surface area contributed by atoms with E-state index < -0.39 is 12.0 Å². The molecule has 6 heteroatoms. The Morgan fingerprint density at radius 2 is 2.18 bits per heavy atom. The topological polar surface area (TPSA) is 71.3 Å². The van der Waals surface area contributed by atoms with Crippen molar-refractivity contribution in [2.24, 2.45) is 0 Å². The maximum absolute atomic E-state index is 12.1. The Bertz CT molecular complexity index is 721. The highest BCUT2D eigenvalue weighted by molar-refractivity contribution is 6.31. The molecule has 0 radical (unpaired) electrons. The number of rotatable bonds is 6. The van der Waals surface area contributed by atoms with E-state index in [2.05, 4.69) is 5.32 Å². The predicted molar refractivity (Wildman–Crippen MR) is 85.9 cm³/mol. The van der Waals surface area contributed by atoms with E-state index in [0.29, 0.717) is 5.02 Å². The lowest BCUT2D eigenvalue weighted by molar-refractivity contribution is -0.141. The fraction of sp³-hybridized carbons (Fsp3) is 0.250. The number of fused-ring (bicyclic) bond motifs is 1. The summed E-state index contributed by atoms with van der Waals surface area (Å²) in [6.45, 7) is 1.85. The van der Waals surface area contributed by atoms with Gasteiger partial charge in [-0.15, -0.1) is 0 Å². The van der Waals surface area contributed by atoms with Gasteiger partial charge in [0.25, 0.3) is 0 Å². The molecule has 1 unspecified atom stereocenters. The smallest absolute Gasteiger partial charge is 0.326 e. The highest BCUT2D eigenvalue weighted by atomic mass is 35.5. The van der Waals surface area contributed by atoms with Crippen LogP contribution in [0.25, 0.3) is 10.9 Å². The van der Waals surface area contributed by atoms with E-state index in [0.717, 1.165) is 10.9 Å². The molecule has 2 rings (SSSR count). The molecule has 0 bridgehead atoms. The van der Waals surface area contributed by atoms with Gasteiger partial charge in [-0.25, -0.2) is 4.79 Å². The molecule has 0 saturated carbocycles. The zero-order chi connectivity index (χ0) is 16.1. The zero-order valence-electron chi connectivity index (χ0n) is 12.1. The van der Waals surface area contributed by atoms with Gasteiger partial charge < -0.3 is 15.0 Å². The molecule has 1 aromatic heterocycles. The highest BCUT2D eigenvalue weighted by Gasteiger charge is 2.18. The van der Waals surface area contributed by atoms with E-state index in [1.807, 2.05) is 12.1 Å². The van der Waals surface area contributed by atoms with Gasteiger partial charge in [-0.1, -0.05) is 29.8 Å². The minimum atomic E-state index is -1.05. The maximum Gasteiger partial charge on any atom is 0.326 e. The minimum absolute atomic E-state index is 0.0451. The molecule has 1 atom stereocenters. The average molecular weight is 321 g/mol. The van der Waals surface area contributed by atoms with Crippen molar-refractivity contribution in [2.45, 2.75) is 25.9 Å². The van der Waals surface area contributed by atoms with Gasteiger partial charge in [0.05, 0.1) is 0 Å². The second-order valence-corrected chi connectivity index (χ2v) is 5.35. The first-order chi connectivity index (χ1) is 10.5. The molecule has 2 N–H and O–H groups in total. The lowest BCUT2D eigenvalue weighted by Crippen LogP contribution is -2.41. The summed E-state index contributed by atoms with van der Waals surface area (Å²) in [6.07, 6.45) is 5.51. The fourth-order valence-corrected chi connectivity index (χ4v) is 2.35. The van der Waals surface area contributed by atoms with E-state index in [4.69, 9.17) is 16.7 Å². The molecule has 0 spiro atoms. The Balaban J connectivity index is 2.09. The number of nitrogens with one attached hydrogen (secondary N) is 1. The number of hydrogen-bond donors (Lipinski definition) is 2. The van der Waals surface area contributed by atoms with Gasteiger partial charge in [0.2, 0.25) is 5.91 Å². The van der Waals surface area contributed by atoms with Gasteiger partial charge in [0.15, 0.2) is 0 Å². The van der Waals surface area contributed by atoms with Crippen molar-refractivity contribution in [1.82, 2.24) is 9.88 Å². The molecule has 2 aromatic rings. The summed E-state index contributed by atoms with van der Waals surface area (Å²) >= 11 is 5.97. The minimum Gasteiger partial charge on any atom is -0.480 e. The first kappa shape index (κ1) is 16.1. The van der Waals surface area contributed by atoms with E-state index in [9.17, 15) is 9.59 Å². The molecule has 0 aliphatic carbocycles. The molecule has 5 nitrogen and oxygen atoms in total. The van der Waals surface area contributed by atoms with E-state index in [1.165, 1.54) is 0 Å². The lowest BCUT2D eigenvalue weighted by Gasteiger charge is -2.13. The highest BCUT2D eigenvalue weighted by Crippen LogP contribution is 2.20. The van der Waals surface area contributed by atoms with Crippen molar-refractivity contribution in [3.63, 3.8) is 0 Å². The van der Waals surface area contributed by atoms with Crippen LogP contribution in [0.3, 0.4) is 0 Å². The molecule has 0 aliphatic heterocycles. The summed E-state index contributed by atoms with van der Waals surface area (Å²) in [4.78, 5) is 23.2. The molecule has 116 valence electrons. The summed E-state index contributed by atoms with van der Waals surface area (Å²) in [5.74, 6) is -1.40. The number of nitrogens with zero attached hydrogens (tertiary/aromatic N) is 1. The second-order valence-electron chi connectivity index (χ2n) is 4.91. The van der Waals surface area contributed by atoms with Crippen LogP contribution in [0.2, 0.25) is 5.02 Å². The number of hydrogen-bond acceptors (Lipinski definition) is 2. The molecule has 1 aromatic carbocycles. The van der Waals surface area contributed by atoms with E-state index >= 15 is 0 Å². The third-order valence-electron chi connectivity index (χ3n) is 3.29. The van der Waals surface area contributed by atoms with Crippen LogP contribution in [-0.2, 0) is 16.1 Å². The first-order valence-electron chi connectivity index (χ1n) is 6.89. The van der Waals surface area contributed by atoms with Crippen molar-refractivity contribution in [3.8, 4) is 0 Å². The molecule has 0 aliphatic rings. The van der Waals surface area contributed by atoms with E-state index in [1.54, 1.807) is 42.0 Å². The Morgan fingerprint density at radius 3 is 2.86 bits per heavy atom. The van der Waals surface area contributed by atoms with Crippen molar-refractivity contribution in [3.05, 3.63) is 47.6 Å². The van der Waals surface area contributed by atoms with Crippen LogP contribution < -0.4 is 5.32 Å². The predicted octanol–water partition coefficient (Wildman–Crippen LogP) is 2.83. The van der Waals surface area contributed by atoms with Crippen LogP contribution in [0.15, 0.2) is 42.6 Å². The van der Waals surface area contributed by atoms with Gasteiger partial charge in [-0.3, -0.25) is 4.79 Å². The lowest BCUT2D eigenvalue weighted by atomic mass is 10.2. The van der Waals surface area contributed by atoms with Crippen LogP contribution in [0.4, 0.5) is 0 Å². The Hall–Kier alpha value is -2.27. The Kier molecular flexibility index (Phi) is 5.22. The van der Waals surface area contributed by atoms with Gasteiger partial charge in [-0.2, -0.15) is 0 Å². The summed E-state index contributed by atoms with van der Waals surface area (Å²) < 4.78 is 1.74. The summed E-state index contributed by atoms with van der Waals surface area (Å²) in [5.41, 5.74) is 0.836. The maximum atomic E-state index is 12.1. The SMILES string of the molecule is C/C=C/CC(NC(=O)Cn1ccc2ccc(Cl)cc21)C(=O)O. The molecular formula is C16H17ClN2O3. The molecular weight excluding hydrogens is 304 g/mol. The quantitative estimate of drug-likeness (QED) is 0.804. The Labute approximate surface area is 133 Å². The van der Waals surface area contributed by atoms with Crippen molar-refractivity contribution in [1.29, 1.82) is 0 Å². The summed E-state index contributed by atoms with van der Waals surface area (Å²) in [6, 6.07) is 6.39. The number of carboxylic acid groups (broad SMARTS) is 1. The third-order valence-corrected chi connectivity index (χ3v) is 3.53. The summed E-state index contributed by atoms with van der Waals surface area (Å²) in [5, 5.41) is 13.2. The molecule has 0 saturated heterocycles. The number of halogens is 1. The molecule has 0 fully saturated rings. The largest absolute Gasteiger partial charge is 0.480 e. The molecule has 22 heavy (non-hydrogen) atoms.